The molecular formula is C16H23N3O2. The van der Waals surface area contributed by atoms with E-state index in [1.807, 2.05) is 11.0 Å². The molecule has 1 aromatic carbocycles. The Morgan fingerprint density at radius 1 is 1.29 bits per heavy atom. The molecule has 1 saturated heterocycles. The van der Waals surface area contributed by atoms with Crippen LogP contribution in [0.2, 0.25) is 0 Å². The number of hydrogen-bond acceptors (Lipinski definition) is 4. The summed E-state index contributed by atoms with van der Waals surface area (Å²) in [5.41, 5.74) is 6.99. The van der Waals surface area contributed by atoms with Gasteiger partial charge in [0, 0.05) is 32.7 Å². The van der Waals surface area contributed by atoms with Crippen LogP contribution >= 0.6 is 0 Å². The Labute approximate surface area is 125 Å². The highest BCUT2D eigenvalue weighted by molar-refractivity contribution is 5.82. The molecular weight excluding hydrogens is 266 g/mol. The van der Waals surface area contributed by atoms with Gasteiger partial charge in [-0.05, 0) is 24.1 Å². The molecule has 1 aromatic rings. The number of carbonyl (C=O) groups is 1. The first-order valence-electron chi connectivity index (χ1n) is 7.25. The molecule has 0 bridgehead atoms. The molecule has 1 aliphatic heterocycles. The average Bonchev–Trinajstić information content (AvgIpc) is 2.50. The van der Waals surface area contributed by atoms with Crippen molar-refractivity contribution in [2.24, 2.45) is 5.73 Å². The van der Waals surface area contributed by atoms with Crippen LogP contribution in [0.4, 0.5) is 0 Å². The summed E-state index contributed by atoms with van der Waals surface area (Å²) in [6.07, 6.45) is 2.38. The maximum atomic E-state index is 12.3. The monoisotopic (exact) mass is 289 g/mol. The molecule has 0 unspecified atom stereocenters. The van der Waals surface area contributed by atoms with Crippen molar-refractivity contribution in [1.82, 2.24) is 9.80 Å². The predicted molar refractivity (Wildman–Crippen MR) is 83.0 cm³/mol. The minimum atomic E-state index is -0.527. The number of nitrogens with zero attached hydrogens (tertiary/aromatic N) is 2. The smallest absolute Gasteiger partial charge is 0.239 e. The van der Waals surface area contributed by atoms with Crippen molar-refractivity contribution in [1.29, 1.82) is 0 Å². The van der Waals surface area contributed by atoms with Crippen LogP contribution < -0.4 is 5.73 Å². The van der Waals surface area contributed by atoms with Gasteiger partial charge in [-0.15, -0.1) is 6.58 Å². The van der Waals surface area contributed by atoms with E-state index in [-0.39, 0.29) is 11.7 Å². The Bertz CT molecular complexity index is 479. The molecule has 5 heteroatoms. The molecule has 1 aliphatic rings. The first kappa shape index (κ1) is 15.5. The van der Waals surface area contributed by atoms with Crippen LogP contribution in [0.3, 0.4) is 0 Å². The second-order valence-corrected chi connectivity index (χ2v) is 5.39. The van der Waals surface area contributed by atoms with Crippen molar-refractivity contribution >= 4 is 5.91 Å². The zero-order valence-electron chi connectivity index (χ0n) is 12.2. The van der Waals surface area contributed by atoms with Crippen LogP contribution in [0.5, 0.6) is 5.75 Å². The van der Waals surface area contributed by atoms with E-state index in [9.17, 15) is 9.90 Å². The van der Waals surface area contributed by atoms with Gasteiger partial charge in [-0.1, -0.05) is 18.2 Å². The molecule has 0 aliphatic carbocycles. The van der Waals surface area contributed by atoms with Crippen molar-refractivity contribution in [3.8, 4) is 5.75 Å². The van der Waals surface area contributed by atoms with E-state index < -0.39 is 6.04 Å². The number of rotatable bonds is 5. The van der Waals surface area contributed by atoms with Gasteiger partial charge in [0.2, 0.25) is 5.91 Å². The molecule has 3 N–H and O–H groups in total. The standard InChI is InChI=1S/C16H23N3O2/c1-2-7-18-8-10-19(11-9-18)16(21)15(17)12-13-3-5-14(20)6-4-13/h2-6,15,20H,1,7-12,17H2/t15-/m1/s1. The molecule has 1 atom stereocenters. The molecule has 0 aromatic heterocycles. The fraction of sp³-hybridized carbons (Fsp3) is 0.438. The summed E-state index contributed by atoms with van der Waals surface area (Å²) < 4.78 is 0. The number of phenols is 1. The van der Waals surface area contributed by atoms with Gasteiger partial charge in [-0.25, -0.2) is 0 Å². The fourth-order valence-electron chi connectivity index (χ4n) is 2.54. The number of hydrogen-bond donors (Lipinski definition) is 2. The Balaban J connectivity index is 1.85. The van der Waals surface area contributed by atoms with Gasteiger partial charge in [-0.3, -0.25) is 9.69 Å². The number of benzene rings is 1. The van der Waals surface area contributed by atoms with Crippen LogP contribution in [0.25, 0.3) is 0 Å². The van der Waals surface area contributed by atoms with Gasteiger partial charge in [-0.2, -0.15) is 0 Å². The van der Waals surface area contributed by atoms with E-state index in [4.69, 9.17) is 5.73 Å². The molecule has 2 rings (SSSR count). The molecule has 0 spiro atoms. The molecule has 114 valence electrons. The lowest BCUT2D eigenvalue weighted by molar-refractivity contribution is -0.134. The molecule has 1 amide bonds. The number of amides is 1. The van der Waals surface area contributed by atoms with Crippen LogP contribution in [0.1, 0.15) is 5.56 Å². The SMILES string of the molecule is C=CCN1CCN(C(=O)[C@H](N)Cc2ccc(O)cc2)CC1. The summed E-state index contributed by atoms with van der Waals surface area (Å²) in [6, 6.07) is 6.29. The van der Waals surface area contributed by atoms with Gasteiger partial charge in [0.15, 0.2) is 0 Å². The first-order chi connectivity index (χ1) is 10.1. The van der Waals surface area contributed by atoms with Crippen molar-refractivity contribution in [3.63, 3.8) is 0 Å². The van der Waals surface area contributed by atoms with E-state index in [2.05, 4.69) is 11.5 Å². The second kappa shape index (κ2) is 7.24. The number of nitrogens with two attached hydrogens (primary N) is 1. The maximum absolute atomic E-state index is 12.3. The number of piperazine rings is 1. The Morgan fingerprint density at radius 2 is 1.90 bits per heavy atom. The van der Waals surface area contributed by atoms with Crippen LogP contribution in [-0.4, -0.2) is 59.6 Å². The van der Waals surface area contributed by atoms with E-state index in [0.717, 1.165) is 38.3 Å². The van der Waals surface area contributed by atoms with Gasteiger partial charge in [0.1, 0.15) is 5.75 Å². The minimum Gasteiger partial charge on any atom is -0.508 e. The average molecular weight is 289 g/mol. The normalized spacial score (nSPS) is 17.5. The summed E-state index contributed by atoms with van der Waals surface area (Å²) in [4.78, 5) is 16.5. The Hall–Kier alpha value is -1.85. The maximum Gasteiger partial charge on any atom is 0.239 e. The predicted octanol–water partition coefficient (Wildman–Crippen LogP) is 0.592. The molecule has 21 heavy (non-hydrogen) atoms. The number of phenolic OH excluding ortho intramolecular Hbond substituents is 1. The van der Waals surface area contributed by atoms with E-state index >= 15 is 0 Å². The zero-order valence-corrected chi connectivity index (χ0v) is 12.2. The highest BCUT2D eigenvalue weighted by atomic mass is 16.3. The van der Waals surface area contributed by atoms with E-state index in [1.165, 1.54) is 0 Å². The Kier molecular flexibility index (Phi) is 5.36. The van der Waals surface area contributed by atoms with Crippen LogP contribution in [0.15, 0.2) is 36.9 Å². The largest absolute Gasteiger partial charge is 0.508 e. The highest BCUT2D eigenvalue weighted by Gasteiger charge is 2.24. The lowest BCUT2D eigenvalue weighted by atomic mass is 10.0. The number of carbonyl (C=O) groups excluding carboxylic acids is 1. The van der Waals surface area contributed by atoms with E-state index in [1.54, 1.807) is 24.3 Å². The first-order valence-corrected chi connectivity index (χ1v) is 7.25. The lowest BCUT2D eigenvalue weighted by Crippen LogP contribution is -2.53. The lowest BCUT2D eigenvalue weighted by Gasteiger charge is -2.35. The number of aromatic hydroxyl groups is 1. The second-order valence-electron chi connectivity index (χ2n) is 5.39. The zero-order chi connectivity index (χ0) is 15.2. The minimum absolute atomic E-state index is 0.00123. The Morgan fingerprint density at radius 3 is 2.48 bits per heavy atom. The van der Waals surface area contributed by atoms with Gasteiger partial charge < -0.3 is 15.7 Å². The highest BCUT2D eigenvalue weighted by Crippen LogP contribution is 2.12. The van der Waals surface area contributed by atoms with Gasteiger partial charge in [0.25, 0.3) is 0 Å². The van der Waals surface area contributed by atoms with Crippen molar-refractivity contribution in [3.05, 3.63) is 42.5 Å². The van der Waals surface area contributed by atoms with Gasteiger partial charge in [0.05, 0.1) is 6.04 Å². The van der Waals surface area contributed by atoms with Crippen molar-refractivity contribution < 1.29 is 9.90 Å². The summed E-state index contributed by atoms with van der Waals surface area (Å²) in [5.74, 6) is 0.221. The molecule has 0 saturated carbocycles. The van der Waals surface area contributed by atoms with Crippen molar-refractivity contribution in [2.75, 3.05) is 32.7 Å². The van der Waals surface area contributed by atoms with E-state index in [0.29, 0.717) is 6.42 Å². The molecule has 5 nitrogen and oxygen atoms in total. The van der Waals surface area contributed by atoms with Crippen LogP contribution in [-0.2, 0) is 11.2 Å². The summed E-state index contributed by atoms with van der Waals surface area (Å²) in [6.45, 7) is 7.76. The van der Waals surface area contributed by atoms with Crippen LogP contribution in [0, 0.1) is 0 Å². The molecule has 1 heterocycles. The molecule has 0 radical (unpaired) electrons. The third kappa shape index (κ3) is 4.31. The fourth-order valence-corrected chi connectivity index (χ4v) is 2.54. The third-order valence-electron chi connectivity index (χ3n) is 3.78. The topological polar surface area (TPSA) is 69.8 Å². The van der Waals surface area contributed by atoms with Gasteiger partial charge >= 0.3 is 0 Å². The van der Waals surface area contributed by atoms with Crippen molar-refractivity contribution in [2.45, 2.75) is 12.5 Å². The summed E-state index contributed by atoms with van der Waals surface area (Å²) >= 11 is 0. The quantitative estimate of drug-likeness (QED) is 0.779. The molecule has 1 fully saturated rings. The summed E-state index contributed by atoms with van der Waals surface area (Å²) in [7, 11) is 0. The summed E-state index contributed by atoms with van der Waals surface area (Å²) in [5, 5.41) is 9.25. The third-order valence-corrected chi connectivity index (χ3v) is 3.78.